The van der Waals surface area contributed by atoms with Gasteiger partial charge in [0.1, 0.15) is 17.0 Å². The van der Waals surface area contributed by atoms with Gasteiger partial charge in [-0.25, -0.2) is 14.5 Å². The molecule has 8 nitrogen and oxygen atoms in total. The van der Waals surface area contributed by atoms with Gasteiger partial charge < -0.3 is 21.1 Å². The minimum Gasteiger partial charge on any atom is -0.443 e. The van der Waals surface area contributed by atoms with Gasteiger partial charge in [-0.2, -0.15) is 5.10 Å². The molecule has 26 heavy (non-hydrogen) atoms. The highest BCUT2D eigenvalue weighted by Crippen LogP contribution is 2.17. The number of nitrogens with two attached hydrogens (primary N) is 2. The molecule has 4 N–H and O–H groups in total. The molecule has 0 fully saturated rings. The van der Waals surface area contributed by atoms with Gasteiger partial charge in [-0.1, -0.05) is 18.2 Å². The molecule has 0 atom stereocenters. The van der Waals surface area contributed by atoms with Crippen LogP contribution in [-0.4, -0.2) is 34.1 Å². The molecule has 0 bridgehead atoms. The topological polar surface area (TPSA) is 120 Å². The number of imide groups is 1. The molecule has 0 heterocycles. The number of amides is 2. The highest BCUT2D eigenvalue weighted by molar-refractivity contribution is 5.97. The second kappa shape index (κ2) is 8.07. The number of hydrogen-bond acceptors (Lipinski definition) is 6. The van der Waals surface area contributed by atoms with E-state index < -0.39 is 23.4 Å². The lowest BCUT2D eigenvalue weighted by Crippen LogP contribution is -2.43. The zero-order valence-electron chi connectivity index (χ0n) is 16.2. The Balaban J connectivity index is 3.13. The van der Waals surface area contributed by atoms with E-state index in [1.165, 1.54) is 0 Å². The molecule has 0 aliphatic heterocycles. The number of nitrogens with zero attached hydrogens (tertiary/aromatic N) is 2. The first-order valence-corrected chi connectivity index (χ1v) is 8.18. The molecule has 0 unspecified atom stereocenters. The van der Waals surface area contributed by atoms with Crippen molar-refractivity contribution in [2.24, 2.45) is 16.7 Å². The van der Waals surface area contributed by atoms with Gasteiger partial charge in [-0.15, -0.1) is 0 Å². The molecule has 2 amide bonds. The predicted molar refractivity (Wildman–Crippen MR) is 99.4 cm³/mol. The number of carbonyl (C=O) groups is 2. The Bertz CT molecular complexity index is 659. The Kier molecular flexibility index (Phi) is 6.60. The Labute approximate surface area is 154 Å². The van der Waals surface area contributed by atoms with E-state index in [-0.39, 0.29) is 12.4 Å². The van der Waals surface area contributed by atoms with Crippen LogP contribution < -0.4 is 11.6 Å². The van der Waals surface area contributed by atoms with Crippen LogP contribution >= 0.6 is 0 Å². The second-order valence-electron chi connectivity index (χ2n) is 7.76. The van der Waals surface area contributed by atoms with Crippen molar-refractivity contribution in [3.63, 3.8) is 0 Å². The Morgan fingerprint density at radius 3 is 1.96 bits per heavy atom. The third-order valence-corrected chi connectivity index (χ3v) is 2.93. The second-order valence-corrected chi connectivity index (χ2v) is 7.76. The van der Waals surface area contributed by atoms with Crippen LogP contribution in [-0.2, 0) is 16.0 Å². The molecule has 0 saturated heterocycles. The summed E-state index contributed by atoms with van der Waals surface area (Å²) in [7, 11) is 0. The highest BCUT2D eigenvalue weighted by atomic mass is 16.6. The van der Waals surface area contributed by atoms with Crippen molar-refractivity contribution in [2.75, 3.05) is 0 Å². The fourth-order valence-corrected chi connectivity index (χ4v) is 1.92. The molecule has 8 heteroatoms. The summed E-state index contributed by atoms with van der Waals surface area (Å²) in [5.74, 6) is 5.34. The van der Waals surface area contributed by atoms with E-state index in [1.54, 1.807) is 65.8 Å². The third-order valence-electron chi connectivity index (χ3n) is 2.93. The van der Waals surface area contributed by atoms with E-state index >= 15 is 0 Å². The Morgan fingerprint density at radius 1 is 1.04 bits per heavy atom. The van der Waals surface area contributed by atoms with Gasteiger partial charge in [0.05, 0.1) is 6.54 Å². The van der Waals surface area contributed by atoms with Gasteiger partial charge in [-0.05, 0) is 53.2 Å². The molecule has 0 aromatic heterocycles. The van der Waals surface area contributed by atoms with Crippen molar-refractivity contribution in [1.29, 1.82) is 0 Å². The van der Waals surface area contributed by atoms with E-state index in [9.17, 15) is 9.59 Å². The van der Waals surface area contributed by atoms with E-state index in [0.29, 0.717) is 11.1 Å². The van der Waals surface area contributed by atoms with Gasteiger partial charge >= 0.3 is 12.2 Å². The van der Waals surface area contributed by atoms with E-state index in [1.807, 2.05) is 0 Å². The lowest BCUT2D eigenvalue weighted by Gasteiger charge is -2.28. The number of hydrogen-bond donors (Lipinski definition) is 2. The number of carbonyl (C=O) groups excluding carboxylic acids is 2. The van der Waals surface area contributed by atoms with Crippen molar-refractivity contribution in [3.05, 3.63) is 35.4 Å². The molecular formula is C18H28N4O4. The monoisotopic (exact) mass is 364 g/mol. The van der Waals surface area contributed by atoms with Crippen LogP contribution in [0.5, 0.6) is 0 Å². The number of rotatable bonds is 3. The van der Waals surface area contributed by atoms with Crippen LogP contribution in [0.15, 0.2) is 29.4 Å². The first-order valence-electron chi connectivity index (χ1n) is 8.18. The van der Waals surface area contributed by atoms with Crippen molar-refractivity contribution < 1.29 is 19.1 Å². The van der Waals surface area contributed by atoms with Crippen molar-refractivity contribution in [2.45, 2.75) is 59.3 Å². The summed E-state index contributed by atoms with van der Waals surface area (Å²) in [5, 5.41) is 3.44. The molecular weight excluding hydrogens is 336 g/mol. The first kappa shape index (κ1) is 21.3. The average Bonchev–Trinajstić information content (AvgIpc) is 2.48. The molecule has 1 rings (SSSR count). The summed E-state index contributed by atoms with van der Waals surface area (Å²) in [5.41, 5.74) is 5.43. The average molecular weight is 364 g/mol. The molecule has 0 saturated carbocycles. The number of benzene rings is 1. The Hall–Kier alpha value is -2.77. The van der Waals surface area contributed by atoms with E-state index in [4.69, 9.17) is 21.1 Å². The lowest BCUT2D eigenvalue weighted by atomic mass is 10.1. The molecule has 1 aromatic carbocycles. The molecule has 144 valence electrons. The fourth-order valence-electron chi connectivity index (χ4n) is 1.92. The maximum absolute atomic E-state index is 12.5. The largest absolute Gasteiger partial charge is 0.443 e. The minimum absolute atomic E-state index is 0.0461. The van der Waals surface area contributed by atoms with Crippen LogP contribution in [0.2, 0.25) is 0 Å². The van der Waals surface area contributed by atoms with Crippen LogP contribution in [0.4, 0.5) is 9.59 Å². The van der Waals surface area contributed by atoms with Crippen LogP contribution in [0.1, 0.15) is 52.7 Å². The maximum Gasteiger partial charge on any atom is 0.420 e. The number of ether oxygens (including phenoxy) is 2. The van der Waals surface area contributed by atoms with E-state index in [2.05, 4.69) is 5.10 Å². The summed E-state index contributed by atoms with van der Waals surface area (Å²) in [6.45, 7) is 10.3. The summed E-state index contributed by atoms with van der Waals surface area (Å²) < 4.78 is 10.6. The molecule has 0 radical (unpaired) electrons. The zero-order chi connectivity index (χ0) is 20.1. The Morgan fingerprint density at radius 2 is 1.54 bits per heavy atom. The fraction of sp³-hybridized carbons (Fsp3) is 0.500. The highest BCUT2D eigenvalue weighted by Gasteiger charge is 2.31. The predicted octanol–water partition coefficient (Wildman–Crippen LogP) is 2.94. The summed E-state index contributed by atoms with van der Waals surface area (Å²) in [6, 6.07) is 6.88. The molecule has 0 aliphatic carbocycles. The number of hydrazone groups is 1. The summed E-state index contributed by atoms with van der Waals surface area (Å²) >= 11 is 0. The van der Waals surface area contributed by atoms with Gasteiger partial charge in [-0.3, -0.25) is 0 Å². The summed E-state index contributed by atoms with van der Waals surface area (Å²) in [4.78, 5) is 25.9. The van der Waals surface area contributed by atoms with Gasteiger partial charge in [0, 0.05) is 5.56 Å². The first-order chi connectivity index (χ1) is 11.8. The number of amidine groups is 1. The quantitative estimate of drug-likeness (QED) is 0.368. The summed E-state index contributed by atoms with van der Waals surface area (Å²) in [6.07, 6.45) is -1.59. The molecule has 0 aliphatic rings. The smallest absolute Gasteiger partial charge is 0.420 e. The van der Waals surface area contributed by atoms with Crippen molar-refractivity contribution >= 4 is 18.0 Å². The standard InChI is InChI=1S/C18H28N4O4/c1-17(2,3)25-15(23)22(16(24)26-18(4,5)6)11-12-8-7-9-13(10-12)14(19)21-20/h7-10H,11,20H2,1-6H3,(H2,19,21). The normalized spacial score (nSPS) is 12.5. The van der Waals surface area contributed by atoms with Crippen LogP contribution in [0.25, 0.3) is 0 Å². The SMILES string of the molecule is CC(C)(C)OC(=O)N(Cc1cccc(C(N)=NN)c1)C(=O)OC(C)(C)C. The van der Waals surface area contributed by atoms with Gasteiger partial charge in [0.15, 0.2) is 0 Å². The van der Waals surface area contributed by atoms with Gasteiger partial charge in [0.2, 0.25) is 0 Å². The zero-order valence-corrected chi connectivity index (χ0v) is 16.2. The van der Waals surface area contributed by atoms with Crippen LogP contribution in [0, 0.1) is 0 Å². The van der Waals surface area contributed by atoms with Crippen LogP contribution in [0.3, 0.4) is 0 Å². The maximum atomic E-state index is 12.5. The lowest BCUT2D eigenvalue weighted by molar-refractivity contribution is -0.000246. The van der Waals surface area contributed by atoms with E-state index in [0.717, 1.165) is 4.90 Å². The molecule has 0 spiro atoms. The third kappa shape index (κ3) is 7.00. The van der Waals surface area contributed by atoms with Crippen molar-refractivity contribution in [1.82, 2.24) is 4.90 Å². The van der Waals surface area contributed by atoms with Crippen molar-refractivity contribution in [3.8, 4) is 0 Å². The minimum atomic E-state index is -0.794. The molecule has 1 aromatic rings. The van der Waals surface area contributed by atoms with Gasteiger partial charge in [0.25, 0.3) is 0 Å².